The van der Waals surface area contributed by atoms with Gasteiger partial charge in [-0.2, -0.15) is 0 Å². The maximum atomic E-state index is 12.5. The van der Waals surface area contributed by atoms with Crippen molar-refractivity contribution in [3.05, 3.63) is 24.5 Å². The summed E-state index contributed by atoms with van der Waals surface area (Å²) in [5.41, 5.74) is 0.786. The van der Waals surface area contributed by atoms with Crippen molar-refractivity contribution in [3.8, 4) is 0 Å². The van der Waals surface area contributed by atoms with E-state index in [9.17, 15) is 9.59 Å². The first-order valence-corrected chi connectivity index (χ1v) is 9.15. The minimum Gasteiger partial charge on any atom is -0.342 e. The van der Waals surface area contributed by atoms with E-state index in [2.05, 4.69) is 10.3 Å². The predicted molar refractivity (Wildman–Crippen MR) is 91.2 cm³/mol. The highest BCUT2D eigenvalue weighted by Gasteiger charge is 2.61. The van der Waals surface area contributed by atoms with E-state index in [1.165, 1.54) is 25.7 Å². The number of pyridine rings is 1. The van der Waals surface area contributed by atoms with E-state index in [1.54, 1.807) is 12.4 Å². The standard InChI is InChI=1S/C19H25N3O2/c23-17(10-14-4-1-2-5-14)22-9-7-19(13-22)11-16(19)18(24)21-15-6-3-8-20-12-15/h3,6,8,12,14,16H,1-2,4-5,7,9-11,13H2,(H,21,24)/t16-,19+/m1/s1. The molecule has 1 aromatic heterocycles. The highest BCUT2D eigenvalue weighted by Crippen LogP contribution is 2.58. The summed E-state index contributed by atoms with van der Waals surface area (Å²) in [6.07, 6.45) is 10.9. The van der Waals surface area contributed by atoms with Crippen molar-refractivity contribution >= 4 is 17.5 Å². The highest BCUT2D eigenvalue weighted by atomic mass is 16.2. The van der Waals surface area contributed by atoms with Crippen LogP contribution in [0.2, 0.25) is 0 Å². The third-order valence-corrected chi connectivity index (χ3v) is 6.11. The molecule has 1 N–H and O–H groups in total. The summed E-state index contributed by atoms with van der Waals surface area (Å²) in [4.78, 5) is 31.0. The van der Waals surface area contributed by atoms with Crippen molar-refractivity contribution in [2.75, 3.05) is 18.4 Å². The molecule has 3 fully saturated rings. The Morgan fingerprint density at radius 3 is 2.92 bits per heavy atom. The van der Waals surface area contributed by atoms with Crippen molar-refractivity contribution in [1.82, 2.24) is 9.88 Å². The van der Waals surface area contributed by atoms with E-state index in [0.29, 0.717) is 18.2 Å². The Balaban J connectivity index is 1.30. The molecular weight excluding hydrogens is 302 g/mol. The molecule has 3 aliphatic rings. The van der Waals surface area contributed by atoms with Crippen molar-refractivity contribution in [2.45, 2.75) is 44.9 Å². The number of hydrogen-bond acceptors (Lipinski definition) is 3. The first-order valence-electron chi connectivity index (χ1n) is 9.15. The molecular formula is C19H25N3O2. The Kier molecular flexibility index (Phi) is 4.02. The third kappa shape index (κ3) is 3.04. The molecule has 24 heavy (non-hydrogen) atoms. The predicted octanol–water partition coefficient (Wildman–Crippen LogP) is 2.84. The van der Waals surface area contributed by atoms with Crippen LogP contribution in [0, 0.1) is 17.3 Å². The summed E-state index contributed by atoms with van der Waals surface area (Å²) in [5.74, 6) is 1.02. The topological polar surface area (TPSA) is 62.3 Å². The second-order valence-corrected chi connectivity index (χ2v) is 7.77. The zero-order chi connectivity index (χ0) is 16.6. The third-order valence-electron chi connectivity index (χ3n) is 6.11. The SMILES string of the molecule is O=C(Nc1cccnc1)[C@H]1C[C@]12CCN(C(=O)CC1CCCC1)C2. The minimum atomic E-state index is 0.0393. The molecule has 0 bridgehead atoms. The van der Waals surface area contributed by atoms with Crippen LogP contribution in [0.25, 0.3) is 0 Å². The van der Waals surface area contributed by atoms with Crippen molar-refractivity contribution in [3.63, 3.8) is 0 Å². The lowest BCUT2D eigenvalue weighted by molar-refractivity contribution is -0.131. The fraction of sp³-hybridized carbons (Fsp3) is 0.632. The second-order valence-electron chi connectivity index (χ2n) is 7.77. The molecule has 0 unspecified atom stereocenters. The number of nitrogens with one attached hydrogen (secondary N) is 1. The van der Waals surface area contributed by atoms with Crippen LogP contribution in [0.1, 0.15) is 44.9 Å². The van der Waals surface area contributed by atoms with Crippen LogP contribution in [-0.4, -0.2) is 34.8 Å². The average molecular weight is 327 g/mol. The van der Waals surface area contributed by atoms with Crippen LogP contribution in [0.3, 0.4) is 0 Å². The van der Waals surface area contributed by atoms with Gasteiger partial charge in [0.1, 0.15) is 0 Å². The zero-order valence-electron chi connectivity index (χ0n) is 14.0. The van der Waals surface area contributed by atoms with Crippen LogP contribution in [0.15, 0.2) is 24.5 Å². The molecule has 5 nitrogen and oxygen atoms in total. The van der Waals surface area contributed by atoms with Crippen molar-refractivity contribution in [1.29, 1.82) is 0 Å². The average Bonchev–Trinajstić information content (AvgIpc) is 2.90. The molecule has 1 aromatic rings. The summed E-state index contributed by atoms with van der Waals surface area (Å²) in [6.45, 7) is 1.59. The smallest absolute Gasteiger partial charge is 0.228 e. The lowest BCUT2D eigenvalue weighted by atomic mass is 10.0. The molecule has 128 valence electrons. The number of rotatable bonds is 4. The lowest BCUT2D eigenvalue weighted by Gasteiger charge is -2.19. The summed E-state index contributed by atoms with van der Waals surface area (Å²) in [7, 11) is 0. The number of carbonyl (C=O) groups is 2. The summed E-state index contributed by atoms with van der Waals surface area (Å²) >= 11 is 0. The molecule has 2 saturated carbocycles. The molecule has 2 heterocycles. The van der Waals surface area contributed by atoms with Crippen LogP contribution in [0.4, 0.5) is 5.69 Å². The quantitative estimate of drug-likeness (QED) is 0.925. The molecule has 5 heteroatoms. The van der Waals surface area contributed by atoms with E-state index >= 15 is 0 Å². The van der Waals surface area contributed by atoms with Crippen LogP contribution < -0.4 is 5.32 Å². The molecule has 1 aliphatic heterocycles. The molecule has 4 rings (SSSR count). The van der Waals surface area contributed by atoms with Gasteiger partial charge in [0.2, 0.25) is 11.8 Å². The van der Waals surface area contributed by atoms with Gasteiger partial charge >= 0.3 is 0 Å². The monoisotopic (exact) mass is 327 g/mol. The molecule has 2 amide bonds. The van der Waals surface area contributed by atoms with Gasteiger partial charge in [0.05, 0.1) is 11.9 Å². The number of aromatic nitrogens is 1. The normalized spacial score (nSPS) is 29.2. The fourth-order valence-corrected chi connectivity index (χ4v) is 4.53. The summed E-state index contributed by atoms with van der Waals surface area (Å²) < 4.78 is 0. The first kappa shape index (κ1) is 15.6. The molecule has 1 saturated heterocycles. The van der Waals surface area contributed by atoms with Gasteiger partial charge in [-0.25, -0.2) is 0 Å². The van der Waals surface area contributed by atoms with E-state index < -0.39 is 0 Å². The largest absolute Gasteiger partial charge is 0.342 e. The number of hydrogen-bond donors (Lipinski definition) is 1. The second kappa shape index (κ2) is 6.19. The van der Waals surface area contributed by atoms with Gasteiger partial charge in [-0.1, -0.05) is 12.8 Å². The van der Waals surface area contributed by atoms with E-state index in [-0.39, 0.29) is 17.2 Å². The Morgan fingerprint density at radius 1 is 1.33 bits per heavy atom. The van der Waals surface area contributed by atoms with Crippen LogP contribution in [-0.2, 0) is 9.59 Å². The highest BCUT2D eigenvalue weighted by molar-refractivity contribution is 5.95. The Bertz CT molecular complexity index is 627. The Hall–Kier alpha value is -1.91. The van der Waals surface area contributed by atoms with E-state index in [4.69, 9.17) is 0 Å². The number of amides is 2. The van der Waals surface area contributed by atoms with Crippen molar-refractivity contribution < 1.29 is 9.59 Å². The Labute approximate surface area is 142 Å². The number of anilines is 1. The van der Waals surface area contributed by atoms with Gasteiger partial charge in [-0.3, -0.25) is 14.6 Å². The van der Waals surface area contributed by atoms with Gasteiger partial charge in [-0.05, 0) is 43.7 Å². The van der Waals surface area contributed by atoms with E-state index in [1.807, 2.05) is 17.0 Å². The molecule has 1 spiro atoms. The number of nitrogens with zero attached hydrogens (tertiary/aromatic N) is 2. The summed E-state index contributed by atoms with van der Waals surface area (Å²) in [6, 6.07) is 3.67. The molecule has 2 atom stereocenters. The van der Waals surface area contributed by atoms with E-state index in [0.717, 1.165) is 31.6 Å². The molecule has 2 aliphatic carbocycles. The number of likely N-dealkylation sites (tertiary alicyclic amines) is 1. The lowest BCUT2D eigenvalue weighted by Crippen LogP contribution is -2.31. The van der Waals surface area contributed by atoms with Crippen molar-refractivity contribution in [2.24, 2.45) is 17.3 Å². The van der Waals surface area contributed by atoms with Crippen LogP contribution >= 0.6 is 0 Å². The molecule has 0 radical (unpaired) electrons. The zero-order valence-corrected chi connectivity index (χ0v) is 14.0. The van der Waals surface area contributed by atoms with Gasteiger partial charge in [0, 0.05) is 37.0 Å². The minimum absolute atomic E-state index is 0.0393. The maximum Gasteiger partial charge on any atom is 0.228 e. The number of carbonyl (C=O) groups excluding carboxylic acids is 2. The first-order chi connectivity index (χ1) is 11.7. The van der Waals surface area contributed by atoms with Gasteiger partial charge in [0.15, 0.2) is 0 Å². The van der Waals surface area contributed by atoms with Gasteiger partial charge in [-0.15, -0.1) is 0 Å². The van der Waals surface area contributed by atoms with Crippen LogP contribution in [0.5, 0.6) is 0 Å². The van der Waals surface area contributed by atoms with Gasteiger partial charge in [0.25, 0.3) is 0 Å². The van der Waals surface area contributed by atoms with Gasteiger partial charge < -0.3 is 10.2 Å². The summed E-state index contributed by atoms with van der Waals surface area (Å²) in [5, 5.41) is 2.95. The molecule has 0 aromatic carbocycles. The Morgan fingerprint density at radius 2 is 2.17 bits per heavy atom. The fourth-order valence-electron chi connectivity index (χ4n) is 4.53. The maximum absolute atomic E-state index is 12.5.